The van der Waals surface area contributed by atoms with E-state index in [2.05, 4.69) is 49.4 Å². The second kappa shape index (κ2) is 7.60. The molecule has 0 spiro atoms. The van der Waals surface area contributed by atoms with Gasteiger partial charge in [-0.1, -0.05) is 44.0 Å². The molecule has 0 aliphatic rings. The average Bonchev–Trinajstić information content (AvgIpc) is 2.36. The fourth-order valence-corrected chi connectivity index (χ4v) is 1.83. The first-order chi connectivity index (χ1) is 9.02. The van der Waals surface area contributed by atoms with Crippen LogP contribution in [0.4, 0.5) is 0 Å². The van der Waals surface area contributed by atoms with Crippen LogP contribution in [-0.4, -0.2) is 30.9 Å². The van der Waals surface area contributed by atoms with Crippen LogP contribution in [0.2, 0.25) is 0 Å². The maximum atomic E-state index is 11.5. The molecule has 1 aromatic carbocycles. The average molecular weight is 258 g/mol. The molecule has 0 aliphatic heterocycles. The Labute approximate surface area is 116 Å². The predicted octanol–water partition coefficient (Wildman–Crippen LogP) is 1.99. The van der Waals surface area contributed by atoms with Gasteiger partial charge >= 0.3 is 0 Å². The number of nitrogens with one attached hydrogen (secondary N) is 1. The van der Waals surface area contributed by atoms with E-state index >= 15 is 0 Å². The van der Waals surface area contributed by atoms with Gasteiger partial charge in [-0.3, -0.25) is 9.69 Å². The van der Waals surface area contributed by atoms with Gasteiger partial charge in [-0.05, 0) is 24.1 Å². The summed E-state index contributed by atoms with van der Waals surface area (Å²) in [5.41, 5.74) is 2.54. The normalized spacial score (nSPS) is 10.5. The van der Waals surface area contributed by atoms with Crippen LogP contribution in [0.1, 0.15) is 30.9 Å². The molecule has 0 bridgehead atoms. The summed E-state index contributed by atoms with van der Waals surface area (Å²) in [7, 11) is 1.92. The molecule has 1 amide bonds. The van der Waals surface area contributed by atoms with Crippen LogP contribution in [0.25, 0.3) is 0 Å². The fraction of sp³-hybridized carbons (Fsp3) is 0.438. The molecule has 0 radical (unpaired) electrons. The van der Waals surface area contributed by atoms with E-state index < -0.39 is 0 Å². The third-order valence-electron chi connectivity index (χ3n) is 2.90. The molecular formula is C16H22N2O. The van der Waals surface area contributed by atoms with E-state index in [1.807, 2.05) is 11.9 Å². The molecule has 1 N–H and O–H groups in total. The first kappa shape index (κ1) is 15.3. The third-order valence-corrected chi connectivity index (χ3v) is 2.90. The van der Waals surface area contributed by atoms with Crippen molar-refractivity contribution in [3.8, 4) is 12.3 Å². The summed E-state index contributed by atoms with van der Waals surface area (Å²) in [6.45, 7) is 5.75. The molecule has 0 aliphatic carbocycles. The predicted molar refractivity (Wildman–Crippen MR) is 78.7 cm³/mol. The number of carbonyl (C=O) groups is 1. The number of likely N-dealkylation sites (N-methyl/N-ethyl adjacent to an activating group) is 1. The van der Waals surface area contributed by atoms with Gasteiger partial charge in [0.05, 0.1) is 13.1 Å². The first-order valence-corrected chi connectivity index (χ1v) is 6.50. The largest absolute Gasteiger partial charge is 0.344 e. The van der Waals surface area contributed by atoms with Gasteiger partial charge in [-0.2, -0.15) is 0 Å². The van der Waals surface area contributed by atoms with Crippen LogP contribution >= 0.6 is 0 Å². The lowest BCUT2D eigenvalue weighted by molar-refractivity contribution is -0.121. The zero-order valence-electron chi connectivity index (χ0n) is 11.9. The number of hydrogen-bond donors (Lipinski definition) is 1. The van der Waals surface area contributed by atoms with Crippen molar-refractivity contribution < 1.29 is 4.79 Å². The van der Waals surface area contributed by atoms with Crippen LogP contribution < -0.4 is 5.32 Å². The SMILES string of the molecule is C#CCNC(=O)CN(C)Cc1ccc(C(C)C)cc1. The van der Waals surface area contributed by atoms with Crippen LogP contribution in [0.3, 0.4) is 0 Å². The number of benzene rings is 1. The Bertz CT molecular complexity index is 443. The van der Waals surface area contributed by atoms with Gasteiger partial charge in [0.15, 0.2) is 0 Å². The monoisotopic (exact) mass is 258 g/mol. The van der Waals surface area contributed by atoms with Gasteiger partial charge in [0.25, 0.3) is 0 Å². The molecule has 0 aromatic heterocycles. The second-order valence-electron chi connectivity index (χ2n) is 5.05. The minimum atomic E-state index is -0.0424. The fourth-order valence-electron chi connectivity index (χ4n) is 1.83. The summed E-state index contributed by atoms with van der Waals surface area (Å²) >= 11 is 0. The van der Waals surface area contributed by atoms with Crippen molar-refractivity contribution in [2.24, 2.45) is 0 Å². The molecule has 0 saturated heterocycles. The van der Waals surface area contributed by atoms with Gasteiger partial charge in [0.2, 0.25) is 5.91 Å². The highest BCUT2D eigenvalue weighted by Crippen LogP contribution is 2.15. The maximum absolute atomic E-state index is 11.5. The number of nitrogens with zero attached hydrogens (tertiary/aromatic N) is 1. The van der Waals surface area contributed by atoms with Crippen LogP contribution in [0, 0.1) is 12.3 Å². The lowest BCUT2D eigenvalue weighted by Gasteiger charge is -2.16. The van der Waals surface area contributed by atoms with Crippen LogP contribution in [0.15, 0.2) is 24.3 Å². The standard InChI is InChI=1S/C16H22N2O/c1-5-10-17-16(19)12-18(4)11-14-6-8-15(9-7-14)13(2)3/h1,6-9,13H,10-12H2,2-4H3,(H,17,19). The molecule has 3 nitrogen and oxygen atoms in total. The summed E-state index contributed by atoms with van der Waals surface area (Å²) in [6.07, 6.45) is 5.09. The maximum Gasteiger partial charge on any atom is 0.234 e. The van der Waals surface area contributed by atoms with E-state index in [1.165, 1.54) is 11.1 Å². The Morgan fingerprint density at radius 2 is 2.00 bits per heavy atom. The molecule has 0 fully saturated rings. The van der Waals surface area contributed by atoms with Crippen LogP contribution in [-0.2, 0) is 11.3 Å². The highest BCUT2D eigenvalue weighted by atomic mass is 16.1. The van der Waals surface area contributed by atoms with Gasteiger partial charge in [-0.25, -0.2) is 0 Å². The molecule has 19 heavy (non-hydrogen) atoms. The second-order valence-corrected chi connectivity index (χ2v) is 5.05. The molecule has 0 saturated carbocycles. The first-order valence-electron chi connectivity index (χ1n) is 6.50. The minimum absolute atomic E-state index is 0.0424. The molecule has 0 heterocycles. The molecule has 1 rings (SSSR count). The van der Waals surface area contributed by atoms with Crippen molar-refractivity contribution in [2.45, 2.75) is 26.3 Å². The van der Waals surface area contributed by atoms with Crippen molar-refractivity contribution in [2.75, 3.05) is 20.1 Å². The van der Waals surface area contributed by atoms with Crippen molar-refractivity contribution in [1.29, 1.82) is 0 Å². The molecule has 1 aromatic rings. The Hall–Kier alpha value is -1.79. The van der Waals surface area contributed by atoms with Crippen molar-refractivity contribution in [3.05, 3.63) is 35.4 Å². The summed E-state index contributed by atoms with van der Waals surface area (Å²) in [5, 5.41) is 2.66. The van der Waals surface area contributed by atoms with Gasteiger partial charge in [0.1, 0.15) is 0 Å². The number of rotatable bonds is 6. The number of hydrogen-bond acceptors (Lipinski definition) is 2. The molecule has 102 valence electrons. The quantitative estimate of drug-likeness (QED) is 0.791. The van der Waals surface area contributed by atoms with Gasteiger partial charge < -0.3 is 5.32 Å². The van der Waals surface area contributed by atoms with Crippen molar-refractivity contribution >= 4 is 5.91 Å². The molecule has 0 unspecified atom stereocenters. The summed E-state index contributed by atoms with van der Waals surface area (Å²) in [6, 6.07) is 8.52. The molecule has 0 atom stereocenters. The summed E-state index contributed by atoms with van der Waals surface area (Å²) < 4.78 is 0. The Kier molecular flexibility index (Phi) is 6.11. The van der Waals surface area contributed by atoms with Crippen molar-refractivity contribution in [3.63, 3.8) is 0 Å². The van der Waals surface area contributed by atoms with Gasteiger partial charge in [-0.15, -0.1) is 6.42 Å². The topological polar surface area (TPSA) is 32.3 Å². The zero-order valence-corrected chi connectivity index (χ0v) is 11.9. The zero-order chi connectivity index (χ0) is 14.3. The smallest absolute Gasteiger partial charge is 0.234 e. The summed E-state index contributed by atoms with van der Waals surface area (Å²) in [4.78, 5) is 13.5. The third kappa shape index (κ3) is 5.58. The highest BCUT2D eigenvalue weighted by Gasteiger charge is 2.06. The van der Waals surface area contributed by atoms with E-state index in [4.69, 9.17) is 6.42 Å². The van der Waals surface area contributed by atoms with Crippen molar-refractivity contribution in [1.82, 2.24) is 10.2 Å². The van der Waals surface area contributed by atoms with E-state index in [9.17, 15) is 4.79 Å². The number of amides is 1. The molecule has 3 heteroatoms. The molecular weight excluding hydrogens is 236 g/mol. The Morgan fingerprint density at radius 3 is 2.53 bits per heavy atom. The van der Waals surface area contributed by atoms with E-state index in [0.29, 0.717) is 12.5 Å². The number of carbonyl (C=O) groups excluding carboxylic acids is 1. The van der Waals surface area contributed by atoms with E-state index in [0.717, 1.165) is 6.54 Å². The van der Waals surface area contributed by atoms with E-state index in [-0.39, 0.29) is 12.5 Å². The minimum Gasteiger partial charge on any atom is -0.344 e. The summed E-state index contributed by atoms with van der Waals surface area (Å²) in [5.74, 6) is 2.89. The van der Waals surface area contributed by atoms with Crippen LogP contribution in [0.5, 0.6) is 0 Å². The number of terminal acetylenes is 1. The van der Waals surface area contributed by atoms with Gasteiger partial charge in [0, 0.05) is 6.54 Å². The lowest BCUT2D eigenvalue weighted by Crippen LogP contribution is -2.34. The highest BCUT2D eigenvalue weighted by molar-refractivity contribution is 5.78. The Morgan fingerprint density at radius 1 is 1.37 bits per heavy atom. The Balaban J connectivity index is 2.46. The van der Waals surface area contributed by atoms with E-state index in [1.54, 1.807) is 0 Å². The lowest BCUT2D eigenvalue weighted by atomic mass is 10.0.